The van der Waals surface area contributed by atoms with E-state index in [1.165, 1.54) is 17.8 Å². The van der Waals surface area contributed by atoms with Crippen molar-refractivity contribution in [2.24, 2.45) is 0 Å². The summed E-state index contributed by atoms with van der Waals surface area (Å²) in [5.74, 6) is -0.273. The van der Waals surface area contributed by atoms with Crippen LogP contribution in [0.25, 0.3) is 0 Å². The highest BCUT2D eigenvalue weighted by molar-refractivity contribution is 8.00. The van der Waals surface area contributed by atoms with Crippen molar-refractivity contribution in [1.82, 2.24) is 0 Å². The van der Waals surface area contributed by atoms with Crippen LogP contribution < -0.4 is 0 Å². The van der Waals surface area contributed by atoms with Crippen LogP contribution in [-0.2, 0) is 14.3 Å². The van der Waals surface area contributed by atoms with Crippen LogP contribution in [-0.4, -0.2) is 29.9 Å². The molecule has 0 amide bonds. The zero-order chi connectivity index (χ0) is 15.0. The van der Waals surface area contributed by atoms with E-state index in [-0.39, 0.29) is 17.4 Å². The Hall–Kier alpha value is -1.60. The van der Waals surface area contributed by atoms with Crippen LogP contribution in [0.5, 0.6) is 0 Å². The van der Waals surface area contributed by atoms with Gasteiger partial charge in [0.2, 0.25) is 0 Å². The minimum Gasteiger partial charge on any atom is -0.465 e. The topological polar surface area (TPSA) is 78.7 Å². The van der Waals surface area contributed by atoms with Crippen molar-refractivity contribution in [3.63, 3.8) is 0 Å². The number of rotatable bonds is 8. The van der Waals surface area contributed by atoms with Gasteiger partial charge in [-0.1, -0.05) is 12.1 Å². The lowest BCUT2D eigenvalue weighted by molar-refractivity contribution is -0.386. The van der Waals surface area contributed by atoms with Gasteiger partial charge in [0, 0.05) is 12.7 Å². The first kappa shape index (κ1) is 16.5. The number of hydrogen-bond acceptors (Lipinski definition) is 6. The van der Waals surface area contributed by atoms with E-state index in [0.29, 0.717) is 18.8 Å². The normalized spacial score (nSPS) is 11.9. The number of ether oxygens (including phenoxy) is 2. The highest BCUT2D eigenvalue weighted by Crippen LogP contribution is 2.35. The van der Waals surface area contributed by atoms with Crippen LogP contribution in [0.3, 0.4) is 0 Å². The van der Waals surface area contributed by atoms with Crippen LogP contribution in [0, 0.1) is 10.1 Å². The monoisotopic (exact) mass is 299 g/mol. The summed E-state index contributed by atoms with van der Waals surface area (Å²) in [5.41, 5.74) is -0.123. The van der Waals surface area contributed by atoms with Gasteiger partial charge < -0.3 is 9.47 Å². The first-order valence-electron chi connectivity index (χ1n) is 6.22. The zero-order valence-corrected chi connectivity index (χ0v) is 12.2. The Morgan fingerprint density at radius 3 is 2.65 bits per heavy atom. The fraction of sp³-hybridized carbons (Fsp3) is 0.462. The van der Waals surface area contributed by atoms with E-state index in [9.17, 15) is 14.9 Å². The highest BCUT2D eigenvalue weighted by atomic mass is 32.2. The van der Waals surface area contributed by atoms with Crippen LogP contribution in [0.4, 0.5) is 5.69 Å². The Bertz CT molecular complexity index is 466. The molecule has 0 heterocycles. The molecule has 0 aliphatic heterocycles. The van der Waals surface area contributed by atoms with E-state index in [0.717, 1.165) is 0 Å². The molecule has 0 aromatic heterocycles. The maximum atomic E-state index is 11.4. The van der Waals surface area contributed by atoms with Gasteiger partial charge in [0.05, 0.1) is 22.8 Å². The second-order valence-corrected chi connectivity index (χ2v) is 4.77. The molecule has 1 aromatic rings. The van der Waals surface area contributed by atoms with Gasteiger partial charge in [0.1, 0.15) is 5.44 Å². The molecule has 0 bridgehead atoms. The fourth-order valence-corrected chi connectivity index (χ4v) is 2.56. The average molecular weight is 299 g/mol. The average Bonchev–Trinajstić information content (AvgIpc) is 2.43. The molecule has 20 heavy (non-hydrogen) atoms. The largest absolute Gasteiger partial charge is 0.465 e. The van der Waals surface area contributed by atoms with Crippen molar-refractivity contribution in [2.75, 3.05) is 19.0 Å². The minimum absolute atomic E-state index is 0.0118. The predicted molar refractivity (Wildman–Crippen MR) is 76.6 cm³/mol. The number of benzene rings is 1. The molecule has 0 aliphatic rings. The quantitative estimate of drug-likeness (QED) is 0.318. The Labute approximate surface area is 121 Å². The third kappa shape index (κ3) is 4.82. The smallest absolute Gasteiger partial charge is 0.315 e. The highest BCUT2D eigenvalue weighted by Gasteiger charge is 2.23. The molecular weight excluding hydrogens is 282 g/mol. The van der Waals surface area contributed by atoms with Crippen molar-refractivity contribution in [2.45, 2.75) is 19.3 Å². The van der Waals surface area contributed by atoms with E-state index >= 15 is 0 Å². The first-order valence-corrected chi connectivity index (χ1v) is 7.27. The van der Waals surface area contributed by atoms with Crippen molar-refractivity contribution in [3.8, 4) is 0 Å². The molecule has 0 saturated carbocycles. The van der Waals surface area contributed by atoms with Gasteiger partial charge in [-0.25, -0.2) is 0 Å². The lowest BCUT2D eigenvalue weighted by Crippen LogP contribution is -2.11. The minimum atomic E-state index is -0.564. The van der Waals surface area contributed by atoms with Crippen molar-refractivity contribution in [1.29, 1.82) is 0 Å². The van der Waals surface area contributed by atoms with Crippen molar-refractivity contribution < 1.29 is 19.2 Å². The first-order chi connectivity index (χ1) is 9.60. The number of nitro groups is 1. The lowest BCUT2D eigenvalue weighted by atomic mass is 10.2. The van der Waals surface area contributed by atoms with Crippen molar-refractivity contribution >= 4 is 23.4 Å². The molecule has 0 N–H and O–H groups in total. The number of carbonyl (C=O) groups excluding carboxylic acids is 1. The molecule has 1 rings (SSSR count). The number of hydrogen-bond donors (Lipinski definition) is 0. The van der Waals surface area contributed by atoms with Gasteiger partial charge in [-0.15, -0.1) is 11.8 Å². The Kier molecular flexibility index (Phi) is 7.03. The maximum absolute atomic E-state index is 11.4. The molecule has 7 heteroatoms. The fourth-order valence-electron chi connectivity index (χ4n) is 1.58. The summed E-state index contributed by atoms with van der Waals surface area (Å²) >= 11 is 1.18. The Morgan fingerprint density at radius 2 is 2.05 bits per heavy atom. The van der Waals surface area contributed by atoms with Crippen LogP contribution in [0.1, 0.15) is 24.8 Å². The summed E-state index contributed by atoms with van der Waals surface area (Å²) in [6.07, 6.45) is 0. The van der Waals surface area contributed by atoms with Gasteiger partial charge in [0.25, 0.3) is 5.69 Å². The molecule has 1 unspecified atom stereocenters. The molecule has 0 aliphatic carbocycles. The predicted octanol–water partition coefficient (Wildman–Crippen LogP) is 2.93. The van der Waals surface area contributed by atoms with Crippen LogP contribution >= 0.6 is 11.8 Å². The molecule has 0 saturated heterocycles. The number of thioether (sulfide) groups is 1. The molecule has 110 valence electrons. The van der Waals surface area contributed by atoms with E-state index in [4.69, 9.17) is 9.47 Å². The summed E-state index contributed by atoms with van der Waals surface area (Å²) < 4.78 is 10.3. The summed E-state index contributed by atoms with van der Waals surface area (Å²) in [4.78, 5) is 21.9. The van der Waals surface area contributed by atoms with Gasteiger partial charge in [-0.2, -0.15) is 0 Å². The van der Waals surface area contributed by atoms with Gasteiger partial charge in [-0.3, -0.25) is 14.9 Å². The van der Waals surface area contributed by atoms with Gasteiger partial charge in [0.15, 0.2) is 0 Å². The molecule has 1 atom stereocenters. The molecule has 6 nitrogen and oxygen atoms in total. The summed E-state index contributed by atoms with van der Waals surface area (Å²) in [6.45, 7) is 4.23. The molecular formula is C13H17NO5S. The molecule has 0 fully saturated rings. The molecule has 0 spiro atoms. The van der Waals surface area contributed by atoms with Gasteiger partial charge >= 0.3 is 5.97 Å². The third-order valence-corrected chi connectivity index (χ3v) is 3.46. The lowest BCUT2D eigenvalue weighted by Gasteiger charge is -2.16. The zero-order valence-electron chi connectivity index (χ0n) is 11.4. The third-order valence-electron chi connectivity index (χ3n) is 2.36. The number of para-hydroxylation sites is 1. The maximum Gasteiger partial charge on any atom is 0.315 e. The Balaban J connectivity index is 2.85. The Morgan fingerprint density at radius 1 is 1.35 bits per heavy atom. The van der Waals surface area contributed by atoms with E-state index in [1.54, 1.807) is 32.0 Å². The summed E-state index contributed by atoms with van der Waals surface area (Å²) in [6, 6.07) is 6.36. The molecule has 0 radical (unpaired) electrons. The van der Waals surface area contributed by atoms with Gasteiger partial charge in [-0.05, 0) is 19.9 Å². The number of nitrogens with zero attached hydrogens (tertiary/aromatic N) is 1. The number of nitro benzene ring substituents is 1. The SMILES string of the molecule is CCOC(=O)CSC(OCC)c1ccccc1[N+](=O)[O-]. The standard InChI is InChI=1S/C13H17NO5S/c1-3-18-12(15)9-20-13(19-4-2)10-7-5-6-8-11(10)14(16)17/h5-8,13H,3-4,9H2,1-2H3. The van der Waals surface area contributed by atoms with Crippen LogP contribution in [0.2, 0.25) is 0 Å². The van der Waals surface area contributed by atoms with Crippen molar-refractivity contribution in [3.05, 3.63) is 39.9 Å². The van der Waals surface area contributed by atoms with E-state index < -0.39 is 10.4 Å². The van der Waals surface area contributed by atoms with E-state index in [1.807, 2.05) is 0 Å². The summed E-state index contributed by atoms with van der Waals surface area (Å²) in [7, 11) is 0. The number of carbonyl (C=O) groups is 1. The van der Waals surface area contributed by atoms with E-state index in [2.05, 4.69) is 0 Å². The second kappa shape index (κ2) is 8.55. The number of esters is 1. The molecule has 1 aromatic carbocycles. The second-order valence-electron chi connectivity index (χ2n) is 3.72. The van der Waals surface area contributed by atoms with Crippen LogP contribution in [0.15, 0.2) is 24.3 Å². The summed E-state index contributed by atoms with van der Waals surface area (Å²) in [5, 5.41) is 11.0.